The van der Waals surface area contributed by atoms with Crippen molar-refractivity contribution in [3.63, 3.8) is 0 Å². The van der Waals surface area contributed by atoms with Gasteiger partial charge in [-0.1, -0.05) is 17.7 Å². The lowest BCUT2D eigenvalue weighted by molar-refractivity contribution is 0.277. The second-order valence-corrected chi connectivity index (χ2v) is 5.21. The van der Waals surface area contributed by atoms with Crippen LogP contribution in [-0.4, -0.2) is 49.4 Å². The van der Waals surface area contributed by atoms with Crippen LogP contribution >= 0.6 is 0 Å². The first kappa shape index (κ1) is 14.3. The minimum absolute atomic E-state index is 0.211. The summed E-state index contributed by atoms with van der Waals surface area (Å²) in [5.41, 5.74) is 2.52. The Balaban J connectivity index is 1.93. The summed E-state index contributed by atoms with van der Waals surface area (Å²) in [5, 5.41) is 12.2. The predicted molar refractivity (Wildman–Crippen MR) is 76.5 cm³/mol. The summed E-state index contributed by atoms with van der Waals surface area (Å²) in [7, 11) is 1.73. The summed E-state index contributed by atoms with van der Waals surface area (Å²) >= 11 is 0. The minimum Gasteiger partial charge on any atom is -0.496 e. The van der Waals surface area contributed by atoms with Gasteiger partial charge >= 0.3 is 0 Å². The smallest absolute Gasteiger partial charge is 0.123 e. The van der Waals surface area contributed by atoms with Crippen LogP contribution in [0.25, 0.3) is 0 Å². The van der Waals surface area contributed by atoms with Crippen LogP contribution in [-0.2, 0) is 6.54 Å². The zero-order valence-electron chi connectivity index (χ0n) is 11.9. The van der Waals surface area contributed by atoms with Gasteiger partial charge < -0.3 is 15.2 Å². The molecule has 0 saturated carbocycles. The molecule has 2 N–H and O–H groups in total. The second-order valence-electron chi connectivity index (χ2n) is 5.21. The number of hydrogen-bond acceptors (Lipinski definition) is 4. The van der Waals surface area contributed by atoms with E-state index in [1.807, 2.05) is 6.07 Å². The van der Waals surface area contributed by atoms with Gasteiger partial charge in [-0.05, 0) is 19.4 Å². The Morgan fingerprint density at radius 3 is 3.05 bits per heavy atom. The van der Waals surface area contributed by atoms with Crippen molar-refractivity contribution in [3.05, 3.63) is 29.3 Å². The summed E-state index contributed by atoms with van der Waals surface area (Å²) in [5.74, 6) is 0.970. The van der Waals surface area contributed by atoms with Crippen molar-refractivity contribution in [1.82, 2.24) is 10.2 Å². The summed E-state index contributed by atoms with van der Waals surface area (Å²) in [6.45, 7) is 6.08. The third-order valence-electron chi connectivity index (χ3n) is 3.65. The highest BCUT2D eigenvalue weighted by atomic mass is 16.5. The first-order valence-electron chi connectivity index (χ1n) is 6.93. The van der Waals surface area contributed by atoms with Crippen LogP contribution in [0.1, 0.15) is 17.5 Å². The van der Waals surface area contributed by atoms with Crippen LogP contribution in [0.15, 0.2) is 18.2 Å². The van der Waals surface area contributed by atoms with E-state index in [0.717, 1.165) is 31.8 Å². The van der Waals surface area contributed by atoms with E-state index in [0.29, 0.717) is 12.6 Å². The normalized spacial score (nSPS) is 19.8. The number of methoxy groups -OCH3 is 1. The molecule has 0 bridgehead atoms. The van der Waals surface area contributed by atoms with E-state index in [1.165, 1.54) is 11.1 Å². The average molecular weight is 264 g/mol. The maximum atomic E-state index is 8.83. The highest BCUT2D eigenvalue weighted by molar-refractivity contribution is 5.36. The molecule has 2 rings (SSSR count). The topological polar surface area (TPSA) is 44.7 Å². The lowest BCUT2D eigenvalue weighted by Crippen LogP contribution is -2.34. The number of benzene rings is 1. The molecule has 1 heterocycles. The first-order chi connectivity index (χ1) is 9.22. The maximum Gasteiger partial charge on any atom is 0.123 e. The summed E-state index contributed by atoms with van der Waals surface area (Å²) in [4.78, 5) is 2.44. The molecule has 106 valence electrons. The molecule has 0 aliphatic carbocycles. The Kier molecular flexibility index (Phi) is 5.19. The number of aryl methyl sites for hydroxylation is 1. The van der Waals surface area contributed by atoms with Gasteiger partial charge in [0.2, 0.25) is 0 Å². The fourth-order valence-electron chi connectivity index (χ4n) is 2.68. The van der Waals surface area contributed by atoms with Crippen molar-refractivity contribution in [3.8, 4) is 5.75 Å². The van der Waals surface area contributed by atoms with Crippen LogP contribution in [0.3, 0.4) is 0 Å². The van der Waals surface area contributed by atoms with Gasteiger partial charge in [-0.15, -0.1) is 0 Å². The van der Waals surface area contributed by atoms with Crippen molar-refractivity contribution in [1.29, 1.82) is 0 Å². The van der Waals surface area contributed by atoms with Crippen molar-refractivity contribution in [2.45, 2.75) is 25.9 Å². The summed E-state index contributed by atoms with van der Waals surface area (Å²) in [6.07, 6.45) is 1.15. The predicted octanol–water partition coefficient (Wildman–Crippen LogP) is 1.16. The Morgan fingerprint density at radius 1 is 1.47 bits per heavy atom. The Hall–Kier alpha value is -1.10. The number of nitrogens with zero attached hydrogens (tertiary/aromatic N) is 1. The van der Waals surface area contributed by atoms with Crippen molar-refractivity contribution < 1.29 is 9.84 Å². The van der Waals surface area contributed by atoms with E-state index < -0.39 is 0 Å². The molecule has 4 nitrogen and oxygen atoms in total. The molecule has 19 heavy (non-hydrogen) atoms. The molecule has 0 spiro atoms. The van der Waals surface area contributed by atoms with Crippen molar-refractivity contribution in [2.75, 3.05) is 33.4 Å². The zero-order valence-corrected chi connectivity index (χ0v) is 11.9. The molecule has 1 aromatic rings. The molecule has 0 radical (unpaired) electrons. The van der Waals surface area contributed by atoms with Gasteiger partial charge in [-0.3, -0.25) is 4.90 Å². The third kappa shape index (κ3) is 3.93. The van der Waals surface area contributed by atoms with E-state index in [4.69, 9.17) is 9.84 Å². The minimum atomic E-state index is 0.211. The van der Waals surface area contributed by atoms with Crippen LogP contribution in [0.4, 0.5) is 0 Å². The molecule has 1 atom stereocenters. The quantitative estimate of drug-likeness (QED) is 0.809. The lowest BCUT2D eigenvalue weighted by atomic mass is 10.1. The van der Waals surface area contributed by atoms with Gasteiger partial charge in [-0.25, -0.2) is 0 Å². The highest BCUT2D eigenvalue weighted by Gasteiger charge is 2.22. The molecular formula is C15H24N2O2. The van der Waals surface area contributed by atoms with Gasteiger partial charge in [0, 0.05) is 37.8 Å². The van der Waals surface area contributed by atoms with Crippen LogP contribution < -0.4 is 10.1 Å². The largest absolute Gasteiger partial charge is 0.496 e. The molecule has 1 unspecified atom stereocenters. The van der Waals surface area contributed by atoms with Crippen molar-refractivity contribution in [2.24, 2.45) is 0 Å². The zero-order chi connectivity index (χ0) is 13.7. The Bertz CT molecular complexity index is 409. The van der Waals surface area contributed by atoms with Crippen molar-refractivity contribution >= 4 is 0 Å². The number of aliphatic hydroxyl groups is 1. The van der Waals surface area contributed by atoms with Gasteiger partial charge in [0.1, 0.15) is 5.75 Å². The molecule has 0 amide bonds. The van der Waals surface area contributed by atoms with E-state index in [-0.39, 0.29) is 6.61 Å². The molecular weight excluding hydrogens is 240 g/mol. The summed E-state index contributed by atoms with van der Waals surface area (Å²) < 4.78 is 5.43. The SMILES string of the molecule is COc1ccc(C)cc1CN1CCC(NCCO)C1. The van der Waals surface area contributed by atoms with Crippen LogP contribution in [0.5, 0.6) is 5.75 Å². The van der Waals surface area contributed by atoms with Crippen LogP contribution in [0, 0.1) is 6.92 Å². The van der Waals surface area contributed by atoms with E-state index in [9.17, 15) is 0 Å². The fraction of sp³-hybridized carbons (Fsp3) is 0.600. The highest BCUT2D eigenvalue weighted by Crippen LogP contribution is 2.23. The van der Waals surface area contributed by atoms with Gasteiger partial charge in [-0.2, -0.15) is 0 Å². The van der Waals surface area contributed by atoms with Gasteiger partial charge in [0.05, 0.1) is 13.7 Å². The molecule has 1 fully saturated rings. The van der Waals surface area contributed by atoms with E-state index in [1.54, 1.807) is 7.11 Å². The number of ether oxygens (including phenoxy) is 1. The molecule has 1 saturated heterocycles. The molecule has 1 aromatic carbocycles. The number of nitrogens with one attached hydrogen (secondary N) is 1. The third-order valence-corrected chi connectivity index (χ3v) is 3.65. The second kappa shape index (κ2) is 6.89. The lowest BCUT2D eigenvalue weighted by Gasteiger charge is -2.18. The number of likely N-dealkylation sites (tertiary alicyclic amines) is 1. The van der Waals surface area contributed by atoms with Gasteiger partial charge in [0.25, 0.3) is 0 Å². The van der Waals surface area contributed by atoms with E-state index in [2.05, 4.69) is 29.3 Å². The van der Waals surface area contributed by atoms with Crippen LogP contribution in [0.2, 0.25) is 0 Å². The molecule has 1 aliphatic rings. The molecule has 0 aromatic heterocycles. The number of hydrogen-bond donors (Lipinski definition) is 2. The Labute approximate surface area is 115 Å². The first-order valence-corrected chi connectivity index (χ1v) is 6.93. The number of rotatable bonds is 6. The van der Waals surface area contributed by atoms with Gasteiger partial charge in [0.15, 0.2) is 0 Å². The Morgan fingerprint density at radius 2 is 2.32 bits per heavy atom. The maximum absolute atomic E-state index is 8.83. The van der Waals surface area contributed by atoms with E-state index >= 15 is 0 Å². The fourth-order valence-corrected chi connectivity index (χ4v) is 2.68. The number of aliphatic hydroxyl groups excluding tert-OH is 1. The monoisotopic (exact) mass is 264 g/mol. The molecule has 1 aliphatic heterocycles. The summed E-state index contributed by atoms with van der Waals surface area (Å²) in [6, 6.07) is 6.83. The molecule has 4 heteroatoms. The average Bonchev–Trinajstić information content (AvgIpc) is 2.84. The standard InChI is InChI=1S/C15H24N2O2/c1-12-3-4-15(19-2)13(9-12)10-17-7-5-14(11-17)16-6-8-18/h3-4,9,14,16,18H,5-8,10-11H2,1-2H3.